The van der Waals surface area contributed by atoms with Crippen molar-refractivity contribution < 1.29 is 47.6 Å². The van der Waals surface area contributed by atoms with E-state index in [1.165, 1.54) is 14.2 Å². The van der Waals surface area contributed by atoms with Crippen molar-refractivity contribution in [1.82, 2.24) is 30.2 Å². The van der Waals surface area contributed by atoms with Crippen LogP contribution in [0.15, 0.2) is 36.4 Å². The fourth-order valence-electron chi connectivity index (χ4n) is 9.24. The van der Waals surface area contributed by atoms with Crippen LogP contribution in [0.25, 0.3) is 0 Å². The topological polar surface area (TPSA) is 183 Å². The Morgan fingerprint density at radius 2 is 1.21 bits per heavy atom. The predicted octanol–water partition coefficient (Wildman–Crippen LogP) is 6.87. The van der Waals surface area contributed by atoms with Crippen LogP contribution in [-0.4, -0.2) is 110 Å². The lowest BCUT2D eigenvalue weighted by molar-refractivity contribution is 0.0151. The normalized spacial score (nSPS) is 17.2. The van der Waals surface area contributed by atoms with Gasteiger partial charge in [0.25, 0.3) is 11.8 Å². The van der Waals surface area contributed by atoms with E-state index in [1.54, 1.807) is 36.4 Å². The third-order valence-electron chi connectivity index (χ3n) is 13.1. The highest BCUT2D eigenvalue weighted by atomic mass is 35.5. The van der Waals surface area contributed by atoms with Crippen LogP contribution >= 0.6 is 23.2 Å². The number of aryl methyl sites for hydroxylation is 4. The Morgan fingerprint density at radius 1 is 0.712 bits per heavy atom. The Labute approximate surface area is 395 Å². The third kappa shape index (κ3) is 11.0. The minimum atomic E-state index is -0.493. The smallest absolute Gasteiger partial charge is 0.339 e. The highest BCUT2D eigenvalue weighted by Gasteiger charge is 2.41. The van der Waals surface area contributed by atoms with Crippen LogP contribution in [0.2, 0.25) is 10.0 Å². The molecule has 2 fully saturated rings. The van der Waals surface area contributed by atoms with Crippen molar-refractivity contribution >= 4 is 47.0 Å². The quantitative estimate of drug-likeness (QED) is 0.0990. The molecule has 2 aromatic carbocycles. The predicted molar refractivity (Wildman–Crippen MR) is 246 cm³/mol. The molecular weight excluding hydrogens is 891 g/mol. The molecule has 66 heavy (non-hydrogen) atoms. The maximum absolute atomic E-state index is 12.9. The third-order valence-corrected chi connectivity index (χ3v) is 13.8. The first-order valence-corrected chi connectivity index (χ1v) is 23.6. The first-order chi connectivity index (χ1) is 31.9. The van der Waals surface area contributed by atoms with Gasteiger partial charge in [0.1, 0.15) is 11.5 Å². The Morgan fingerprint density at radius 3 is 1.68 bits per heavy atom. The summed E-state index contributed by atoms with van der Waals surface area (Å²) in [4.78, 5) is 50.7. The highest BCUT2D eigenvalue weighted by Crippen LogP contribution is 2.39. The minimum Gasteiger partial charge on any atom is -0.497 e. The number of benzene rings is 2. The maximum Gasteiger partial charge on any atom is 0.339 e. The van der Waals surface area contributed by atoms with E-state index < -0.39 is 11.9 Å². The van der Waals surface area contributed by atoms with Gasteiger partial charge in [0.15, 0.2) is 0 Å². The molecule has 0 radical (unpaired) electrons. The van der Waals surface area contributed by atoms with Gasteiger partial charge in [-0.05, 0) is 92.5 Å². The van der Waals surface area contributed by atoms with Gasteiger partial charge in [0.05, 0.1) is 82.5 Å². The molecule has 16 nitrogen and oxygen atoms in total. The van der Waals surface area contributed by atoms with Gasteiger partial charge in [0, 0.05) is 65.4 Å². The summed E-state index contributed by atoms with van der Waals surface area (Å²) in [5.41, 5.74) is 5.54. The molecular formula is C48H60Cl2N6O10. The van der Waals surface area contributed by atoms with Crippen molar-refractivity contribution in [2.45, 2.75) is 91.1 Å². The fourth-order valence-corrected chi connectivity index (χ4v) is 9.72. The lowest BCUT2D eigenvalue weighted by Gasteiger charge is -2.36. The molecule has 6 heterocycles. The van der Waals surface area contributed by atoms with Gasteiger partial charge in [-0.3, -0.25) is 19.0 Å². The molecule has 2 saturated heterocycles. The summed E-state index contributed by atoms with van der Waals surface area (Å²) in [5.74, 6) is -0.108. The van der Waals surface area contributed by atoms with Crippen molar-refractivity contribution in [3.8, 4) is 11.5 Å². The summed E-state index contributed by atoms with van der Waals surface area (Å²) in [6.45, 7) is 9.73. The number of hydrogen-bond acceptors (Lipinski definition) is 12. The molecule has 0 unspecified atom stereocenters. The molecule has 4 aliphatic heterocycles. The SMILES string of the molecule is CCc1nn(CCCOC(=O)c2cc(OC)ccc2Cl)c2c1C(=O)NCC1(CCOCC1)C2.CCc1nn(CCCOC(=O)c2cccc(OC)c2Cl)c2c1C(=O)NCC1(CCOCC1)C2. The summed E-state index contributed by atoms with van der Waals surface area (Å²) in [6, 6.07) is 9.87. The number of halogens is 2. The molecule has 2 amide bonds. The Kier molecular flexibility index (Phi) is 16.3. The lowest BCUT2D eigenvalue weighted by atomic mass is 9.76. The Bertz CT molecular complexity index is 2270. The standard InChI is InChI=1S/2C24H30ClN3O5/c1-3-19-21-20(14-24(15-26-22(21)29)7-11-32-12-8-24)28(27-19)9-4-10-33-23(30)17-13-16(31-2)5-6-18(17)25;1-3-17-20-18(14-24(15-26-22(20)29)8-12-32-13-9-24)28(27-17)10-5-11-33-23(30)16-6-4-7-19(31-2)21(16)25/h5-6,13H,3-4,7-12,14-15H2,1-2H3,(H,26,29);4,6-7H,3,5,8-15H2,1-2H3,(H,26,29). The van der Waals surface area contributed by atoms with Crippen LogP contribution in [-0.2, 0) is 57.7 Å². The molecule has 0 saturated carbocycles. The zero-order valence-electron chi connectivity index (χ0n) is 38.2. The molecule has 0 atom stereocenters. The first kappa shape index (κ1) is 48.8. The van der Waals surface area contributed by atoms with E-state index in [0.717, 1.165) is 61.3 Å². The summed E-state index contributed by atoms with van der Waals surface area (Å²) < 4.78 is 36.2. The molecule has 0 aliphatic carbocycles. The molecule has 2 spiro atoms. The van der Waals surface area contributed by atoms with Gasteiger partial charge in [-0.1, -0.05) is 43.1 Å². The van der Waals surface area contributed by atoms with Crippen LogP contribution in [0.1, 0.15) is 117 Å². The molecule has 2 aromatic heterocycles. The van der Waals surface area contributed by atoms with E-state index in [-0.39, 0.29) is 52.0 Å². The van der Waals surface area contributed by atoms with Crippen molar-refractivity contribution in [3.05, 3.63) is 91.5 Å². The minimum absolute atomic E-state index is 0.00245. The van der Waals surface area contributed by atoms with Gasteiger partial charge < -0.3 is 39.1 Å². The number of carbonyl (C=O) groups excluding carboxylic acids is 4. The number of carbonyl (C=O) groups is 4. The van der Waals surface area contributed by atoms with E-state index in [1.807, 2.05) is 23.2 Å². The molecule has 2 N–H and O–H groups in total. The van der Waals surface area contributed by atoms with E-state index in [0.29, 0.717) is 106 Å². The second-order valence-electron chi connectivity index (χ2n) is 17.3. The van der Waals surface area contributed by atoms with Crippen LogP contribution < -0.4 is 20.1 Å². The number of ether oxygens (including phenoxy) is 6. The number of nitrogens with one attached hydrogen (secondary N) is 2. The van der Waals surface area contributed by atoms with Crippen LogP contribution in [0.3, 0.4) is 0 Å². The average molecular weight is 952 g/mol. The zero-order valence-corrected chi connectivity index (χ0v) is 39.7. The number of nitrogens with zero attached hydrogens (tertiary/aromatic N) is 4. The molecule has 4 aliphatic rings. The second kappa shape index (κ2) is 22.1. The molecule has 356 valence electrons. The Hall–Kier alpha value is -5.16. The van der Waals surface area contributed by atoms with Crippen molar-refractivity contribution in [1.29, 1.82) is 0 Å². The van der Waals surface area contributed by atoms with Gasteiger partial charge in [-0.2, -0.15) is 10.2 Å². The van der Waals surface area contributed by atoms with E-state index in [9.17, 15) is 19.2 Å². The summed E-state index contributed by atoms with van der Waals surface area (Å²) in [6.07, 6.45) is 7.75. The van der Waals surface area contributed by atoms with Crippen molar-refractivity contribution in [2.75, 3.05) is 67.0 Å². The van der Waals surface area contributed by atoms with E-state index in [4.69, 9.17) is 61.8 Å². The maximum atomic E-state index is 12.9. The number of aromatic nitrogens is 4. The van der Waals surface area contributed by atoms with E-state index in [2.05, 4.69) is 10.6 Å². The molecule has 18 heteroatoms. The lowest BCUT2D eigenvalue weighted by Crippen LogP contribution is -2.40. The largest absolute Gasteiger partial charge is 0.497 e. The van der Waals surface area contributed by atoms with Crippen LogP contribution in [0, 0.1) is 10.8 Å². The van der Waals surface area contributed by atoms with Gasteiger partial charge in [0.2, 0.25) is 0 Å². The van der Waals surface area contributed by atoms with Gasteiger partial charge >= 0.3 is 11.9 Å². The van der Waals surface area contributed by atoms with Crippen LogP contribution in [0.4, 0.5) is 0 Å². The first-order valence-electron chi connectivity index (χ1n) is 22.8. The number of methoxy groups -OCH3 is 2. The van der Waals surface area contributed by atoms with Crippen molar-refractivity contribution in [3.63, 3.8) is 0 Å². The highest BCUT2D eigenvalue weighted by molar-refractivity contribution is 6.35. The van der Waals surface area contributed by atoms with Gasteiger partial charge in [-0.25, -0.2) is 9.59 Å². The monoisotopic (exact) mass is 950 g/mol. The fraction of sp³-hybridized carbons (Fsp3) is 0.542. The summed E-state index contributed by atoms with van der Waals surface area (Å²) in [5, 5.41) is 16.3. The van der Waals surface area contributed by atoms with Gasteiger partial charge in [-0.15, -0.1) is 0 Å². The number of esters is 2. The number of hydrogen-bond donors (Lipinski definition) is 2. The van der Waals surface area contributed by atoms with Crippen molar-refractivity contribution in [2.24, 2.45) is 10.8 Å². The molecule has 0 bridgehead atoms. The zero-order chi connectivity index (χ0) is 46.8. The average Bonchev–Trinajstić information content (AvgIpc) is 3.77. The number of amides is 2. The molecule has 8 rings (SSSR count). The Balaban J connectivity index is 0.000000196. The number of fused-ring (bicyclic) bond motifs is 2. The van der Waals surface area contributed by atoms with Crippen LogP contribution in [0.5, 0.6) is 11.5 Å². The van der Waals surface area contributed by atoms with E-state index >= 15 is 0 Å². The summed E-state index contributed by atoms with van der Waals surface area (Å²) in [7, 11) is 3.03. The second-order valence-corrected chi connectivity index (χ2v) is 18.1. The molecule has 4 aromatic rings. The summed E-state index contributed by atoms with van der Waals surface area (Å²) >= 11 is 12.4. The number of rotatable bonds is 14.